The molecule has 0 radical (unpaired) electrons. The van der Waals surface area contributed by atoms with E-state index in [1.165, 1.54) is 11.3 Å². The van der Waals surface area contributed by atoms with Crippen molar-refractivity contribution in [3.8, 4) is 10.6 Å². The fourth-order valence-corrected chi connectivity index (χ4v) is 4.39. The number of carbonyl (C=O) groups is 1. The van der Waals surface area contributed by atoms with E-state index in [1.54, 1.807) is 37.4 Å². The quantitative estimate of drug-likeness (QED) is 0.280. The average molecular weight is 499 g/mol. The maximum atomic E-state index is 12.6. The van der Waals surface area contributed by atoms with Gasteiger partial charge in [0.15, 0.2) is 0 Å². The van der Waals surface area contributed by atoms with E-state index >= 15 is 0 Å². The van der Waals surface area contributed by atoms with Gasteiger partial charge in [0.2, 0.25) is 5.95 Å². The minimum atomic E-state index is -0.565. The van der Waals surface area contributed by atoms with E-state index in [4.69, 9.17) is 23.2 Å². The van der Waals surface area contributed by atoms with Crippen LogP contribution in [0.3, 0.4) is 0 Å². The smallest absolute Gasteiger partial charge is 0.261 e. The molecular formula is C24H20Cl2N4O2S. The molecule has 1 atom stereocenters. The lowest BCUT2D eigenvalue weighted by atomic mass is 10.1. The molecule has 3 N–H and O–H groups in total. The van der Waals surface area contributed by atoms with Gasteiger partial charge >= 0.3 is 0 Å². The first-order valence-corrected chi connectivity index (χ1v) is 11.7. The third-order valence-corrected chi connectivity index (χ3v) is 6.80. The Morgan fingerprint density at radius 3 is 2.76 bits per heavy atom. The Bertz CT molecular complexity index is 1290. The van der Waals surface area contributed by atoms with E-state index < -0.39 is 6.10 Å². The highest BCUT2D eigenvalue weighted by Crippen LogP contribution is 2.29. The second-order valence-electron chi connectivity index (χ2n) is 7.25. The first-order chi connectivity index (χ1) is 15.9. The maximum absolute atomic E-state index is 12.6. The van der Waals surface area contributed by atoms with Crippen LogP contribution >= 0.6 is 34.5 Å². The highest BCUT2D eigenvalue weighted by Gasteiger charge is 2.13. The van der Waals surface area contributed by atoms with Crippen LogP contribution < -0.4 is 10.6 Å². The summed E-state index contributed by atoms with van der Waals surface area (Å²) in [6.07, 6.45) is 1.09. The molecule has 9 heteroatoms. The number of carbonyl (C=O) groups excluding carboxylic acids is 1. The minimum absolute atomic E-state index is 0.204. The molecule has 1 amide bonds. The molecule has 6 nitrogen and oxygen atoms in total. The van der Waals surface area contributed by atoms with Crippen LogP contribution in [0.4, 0.5) is 11.6 Å². The predicted molar refractivity (Wildman–Crippen MR) is 133 cm³/mol. The number of thiophene rings is 1. The van der Waals surface area contributed by atoms with Gasteiger partial charge in [-0.1, -0.05) is 47.5 Å². The van der Waals surface area contributed by atoms with Crippen LogP contribution in [0.15, 0.2) is 66.9 Å². The second kappa shape index (κ2) is 10.3. The van der Waals surface area contributed by atoms with Gasteiger partial charge < -0.3 is 15.7 Å². The molecule has 1 unspecified atom stereocenters. The van der Waals surface area contributed by atoms with Crippen LogP contribution in [0, 0.1) is 0 Å². The number of rotatable bonds is 7. The lowest BCUT2D eigenvalue weighted by Crippen LogP contribution is -2.21. The summed E-state index contributed by atoms with van der Waals surface area (Å²) in [5, 5.41) is 16.7. The van der Waals surface area contributed by atoms with Crippen molar-refractivity contribution in [3.63, 3.8) is 0 Å². The summed E-state index contributed by atoms with van der Waals surface area (Å²) in [5.74, 6) is 0.217. The number of nitrogens with zero attached hydrogens (tertiary/aromatic N) is 2. The normalized spacial score (nSPS) is 11.8. The molecular weight excluding hydrogens is 479 g/mol. The molecule has 2 aromatic heterocycles. The summed E-state index contributed by atoms with van der Waals surface area (Å²) in [6.45, 7) is 1.99. The number of amides is 1. The SMILES string of the molecule is CC(O)c1cccc(Nc2nccc(-c3ccc(C(=O)NCc4cccc(Cl)c4Cl)s3)n2)c1. The highest BCUT2D eigenvalue weighted by molar-refractivity contribution is 7.17. The number of halogens is 2. The zero-order chi connectivity index (χ0) is 23.4. The molecule has 2 heterocycles. The molecule has 0 saturated carbocycles. The Balaban J connectivity index is 1.45. The summed E-state index contributed by atoms with van der Waals surface area (Å²) >= 11 is 13.6. The van der Waals surface area contributed by atoms with Crippen LogP contribution in [0.2, 0.25) is 10.0 Å². The topological polar surface area (TPSA) is 87.1 Å². The highest BCUT2D eigenvalue weighted by atomic mass is 35.5. The Morgan fingerprint density at radius 1 is 1.12 bits per heavy atom. The minimum Gasteiger partial charge on any atom is -0.389 e. The van der Waals surface area contributed by atoms with E-state index in [2.05, 4.69) is 20.6 Å². The van der Waals surface area contributed by atoms with E-state index in [1.807, 2.05) is 36.4 Å². The van der Waals surface area contributed by atoms with Crippen LogP contribution in [-0.2, 0) is 6.54 Å². The molecule has 2 aromatic carbocycles. The van der Waals surface area contributed by atoms with Crippen LogP contribution in [0.25, 0.3) is 10.6 Å². The summed E-state index contributed by atoms with van der Waals surface area (Å²) in [7, 11) is 0. The van der Waals surface area contributed by atoms with Gasteiger partial charge in [-0.2, -0.15) is 0 Å². The van der Waals surface area contributed by atoms with E-state index in [-0.39, 0.29) is 12.5 Å². The van der Waals surface area contributed by atoms with Crippen molar-refractivity contribution < 1.29 is 9.90 Å². The van der Waals surface area contributed by atoms with Crippen molar-refractivity contribution >= 4 is 52.1 Å². The van der Waals surface area contributed by atoms with Crippen LogP contribution in [-0.4, -0.2) is 21.0 Å². The Hall–Kier alpha value is -2.97. The lowest BCUT2D eigenvalue weighted by Gasteiger charge is -2.09. The fourth-order valence-electron chi connectivity index (χ4n) is 3.11. The molecule has 0 aliphatic rings. The monoisotopic (exact) mass is 498 g/mol. The van der Waals surface area contributed by atoms with Crippen molar-refractivity contribution in [2.45, 2.75) is 19.6 Å². The van der Waals surface area contributed by atoms with Crippen molar-refractivity contribution in [2.24, 2.45) is 0 Å². The van der Waals surface area contributed by atoms with Gasteiger partial charge in [0, 0.05) is 18.4 Å². The number of aromatic nitrogens is 2. The first kappa shape index (κ1) is 23.2. The van der Waals surface area contributed by atoms with Gasteiger partial charge in [0.25, 0.3) is 5.91 Å². The van der Waals surface area contributed by atoms with E-state index in [0.29, 0.717) is 26.6 Å². The van der Waals surface area contributed by atoms with Crippen molar-refractivity contribution in [2.75, 3.05) is 5.32 Å². The van der Waals surface area contributed by atoms with Gasteiger partial charge in [-0.3, -0.25) is 4.79 Å². The number of hydrogen-bond donors (Lipinski definition) is 3. The molecule has 4 aromatic rings. The van der Waals surface area contributed by atoms with Crippen molar-refractivity contribution in [1.29, 1.82) is 0 Å². The predicted octanol–water partition coefficient (Wildman–Crippen LogP) is 6.24. The van der Waals surface area contributed by atoms with Gasteiger partial charge in [0.05, 0.1) is 31.6 Å². The molecule has 33 heavy (non-hydrogen) atoms. The second-order valence-corrected chi connectivity index (χ2v) is 9.12. The number of aliphatic hydroxyl groups is 1. The van der Waals surface area contributed by atoms with E-state index in [9.17, 15) is 9.90 Å². The van der Waals surface area contributed by atoms with E-state index in [0.717, 1.165) is 21.7 Å². The zero-order valence-electron chi connectivity index (χ0n) is 17.5. The van der Waals surface area contributed by atoms with Crippen molar-refractivity contribution in [1.82, 2.24) is 15.3 Å². The largest absolute Gasteiger partial charge is 0.389 e. The number of benzene rings is 2. The molecule has 0 spiro atoms. The molecule has 0 saturated heterocycles. The number of aliphatic hydroxyl groups excluding tert-OH is 1. The molecule has 168 valence electrons. The van der Waals surface area contributed by atoms with Gasteiger partial charge in [0.1, 0.15) is 0 Å². The van der Waals surface area contributed by atoms with Gasteiger partial charge in [-0.15, -0.1) is 11.3 Å². The third kappa shape index (κ3) is 5.69. The molecule has 4 rings (SSSR count). The average Bonchev–Trinajstić information content (AvgIpc) is 3.31. The fraction of sp³-hybridized carbons (Fsp3) is 0.125. The Morgan fingerprint density at radius 2 is 1.94 bits per heavy atom. The number of nitrogens with one attached hydrogen (secondary N) is 2. The summed E-state index contributed by atoms with van der Waals surface area (Å²) in [6, 6.07) is 18.2. The molecule has 0 aliphatic carbocycles. The van der Waals surface area contributed by atoms with Gasteiger partial charge in [-0.25, -0.2) is 9.97 Å². The Labute approximate surface area is 205 Å². The van der Waals surface area contributed by atoms with Crippen molar-refractivity contribution in [3.05, 3.63) is 92.9 Å². The number of anilines is 2. The van der Waals surface area contributed by atoms with Gasteiger partial charge in [-0.05, 0) is 54.4 Å². The lowest BCUT2D eigenvalue weighted by molar-refractivity contribution is 0.0955. The maximum Gasteiger partial charge on any atom is 0.261 e. The first-order valence-electron chi connectivity index (χ1n) is 10.1. The third-order valence-electron chi connectivity index (χ3n) is 4.83. The summed E-state index contributed by atoms with van der Waals surface area (Å²) < 4.78 is 0. The summed E-state index contributed by atoms with van der Waals surface area (Å²) in [4.78, 5) is 22.8. The molecule has 0 fully saturated rings. The Kier molecular flexibility index (Phi) is 7.25. The molecule has 0 bridgehead atoms. The molecule has 0 aliphatic heterocycles. The van der Waals surface area contributed by atoms with Crippen LogP contribution in [0.1, 0.15) is 33.8 Å². The zero-order valence-corrected chi connectivity index (χ0v) is 19.9. The number of hydrogen-bond acceptors (Lipinski definition) is 6. The van der Waals surface area contributed by atoms with Crippen LogP contribution in [0.5, 0.6) is 0 Å². The summed E-state index contributed by atoms with van der Waals surface area (Å²) in [5.41, 5.74) is 3.02. The standard InChI is InChI=1S/C24H20Cl2N4O2S/c1-14(31)15-4-2-6-17(12-15)29-24-27-11-10-19(30-24)20-8-9-21(33-20)23(32)28-13-16-5-3-7-18(25)22(16)26/h2-12,14,31H,13H2,1H3,(H,28,32)(H,27,29,30).